The van der Waals surface area contributed by atoms with Crippen LogP contribution in [0.25, 0.3) is 33.8 Å². The molecule has 2 aromatic heterocycles. The second kappa shape index (κ2) is 6.15. The minimum atomic E-state index is 0.116. The molecular weight excluding hydrogens is 343 g/mol. The van der Waals surface area contributed by atoms with E-state index >= 15 is 0 Å². The maximum absolute atomic E-state index is 5.97. The van der Waals surface area contributed by atoms with Crippen molar-refractivity contribution in [3.63, 3.8) is 0 Å². The number of halogens is 2. The zero-order chi connectivity index (χ0) is 16.5. The summed E-state index contributed by atoms with van der Waals surface area (Å²) in [7, 11) is 0. The molecule has 0 bridgehead atoms. The first-order chi connectivity index (χ1) is 11.7. The lowest BCUT2D eigenvalue weighted by molar-refractivity contribution is 1.16. The predicted octanol–water partition coefficient (Wildman–Crippen LogP) is 5.06. The molecule has 2 heterocycles. The molecule has 24 heavy (non-hydrogen) atoms. The van der Waals surface area contributed by atoms with E-state index in [0.29, 0.717) is 11.3 Å². The van der Waals surface area contributed by atoms with Crippen LogP contribution in [0.15, 0.2) is 60.7 Å². The number of benzene rings is 2. The van der Waals surface area contributed by atoms with E-state index in [1.165, 1.54) is 0 Å². The van der Waals surface area contributed by atoms with Crippen LogP contribution in [-0.4, -0.2) is 19.9 Å². The molecule has 4 rings (SSSR count). The Morgan fingerprint density at radius 1 is 0.500 bits per heavy atom. The second-order valence-electron chi connectivity index (χ2n) is 5.11. The van der Waals surface area contributed by atoms with E-state index in [2.05, 4.69) is 19.9 Å². The van der Waals surface area contributed by atoms with Crippen LogP contribution in [0.2, 0.25) is 10.3 Å². The van der Waals surface area contributed by atoms with E-state index < -0.39 is 0 Å². The third-order valence-corrected chi connectivity index (χ3v) is 4.16. The summed E-state index contributed by atoms with van der Waals surface area (Å²) in [6, 6.07) is 19.6. The Kier molecular flexibility index (Phi) is 3.84. The van der Waals surface area contributed by atoms with Crippen LogP contribution in [0.3, 0.4) is 0 Å². The topological polar surface area (TPSA) is 51.6 Å². The summed E-state index contributed by atoms with van der Waals surface area (Å²) in [5.41, 5.74) is 4.06. The van der Waals surface area contributed by atoms with Gasteiger partial charge in [0.1, 0.15) is 0 Å². The maximum Gasteiger partial charge on any atom is 0.199 e. The molecule has 0 atom stereocenters. The number of aromatic nitrogens is 4. The molecule has 0 fully saturated rings. The Labute approximate surface area is 148 Å². The fourth-order valence-corrected chi connectivity index (χ4v) is 2.69. The van der Waals surface area contributed by atoms with E-state index in [9.17, 15) is 0 Å². The highest BCUT2D eigenvalue weighted by molar-refractivity contribution is 6.40. The molecule has 2 aromatic carbocycles. The molecule has 0 saturated carbocycles. The van der Waals surface area contributed by atoms with Crippen molar-refractivity contribution in [1.82, 2.24) is 19.9 Å². The molecular formula is C18H10Cl2N4. The molecule has 0 radical (unpaired) electrons. The van der Waals surface area contributed by atoms with Crippen LogP contribution in [0.4, 0.5) is 0 Å². The number of nitrogens with zero attached hydrogens (tertiary/aromatic N) is 4. The third-order valence-electron chi connectivity index (χ3n) is 3.53. The Bertz CT molecular complexity index is 937. The lowest BCUT2D eigenvalue weighted by atomic mass is 10.0. The number of hydrogen-bond acceptors (Lipinski definition) is 4. The summed E-state index contributed by atoms with van der Waals surface area (Å²) >= 11 is 11.9. The van der Waals surface area contributed by atoms with Crippen molar-refractivity contribution < 1.29 is 0 Å². The Balaban J connectivity index is 2.06. The van der Waals surface area contributed by atoms with Crippen molar-refractivity contribution in [2.24, 2.45) is 0 Å². The van der Waals surface area contributed by atoms with Gasteiger partial charge < -0.3 is 0 Å². The molecule has 0 aliphatic rings. The predicted molar refractivity (Wildman–Crippen MR) is 96.0 cm³/mol. The smallest absolute Gasteiger partial charge is 0.199 e. The molecule has 0 spiro atoms. The van der Waals surface area contributed by atoms with Crippen LogP contribution < -0.4 is 0 Å². The molecule has 116 valence electrons. The van der Waals surface area contributed by atoms with E-state index in [-0.39, 0.29) is 10.3 Å². The van der Waals surface area contributed by atoms with Gasteiger partial charge in [-0.2, -0.15) is 0 Å². The van der Waals surface area contributed by atoms with Crippen molar-refractivity contribution in [3.05, 3.63) is 71.0 Å². The van der Waals surface area contributed by atoms with E-state index in [1.54, 1.807) is 0 Å². The largest absolute Gasteiger partial charge is 0.223 e. The lowest BCUT2D eigenvalue weighted by Crippen LogP contribution is -1.99. The fraction of sp³-hybridized carbons (Fsp3) is 0. The minimum absolute atomic E-state index is 0.116. The van der Waals surface area contributed by atoms with Gasteiger partial charge in [0.15, 0.2) is 21.6 Å². The standard InChI is InChI=1S/C18H10Cl2N4/c19-15-16(20)24-18-17(23-15)21-13(11-7-3-1-4-8-11)14(22-18)12-9-5-2-6-10-12/h1-10H. The van der Waals surface area contributed by atoms with Gasteiger partial charge in [-0.3, -0.25) is 0 Å². The van der Waals surface area contributed by atoms with Crippen LogP contribution in [-0.2, 0) is 0 Å². The first kappa shape index (κ1) is 15.0. The Hall–Kier alpha value is -2.56. The van der Waals surface area contributed by atoms with Crippen LogP contribution in [0, 0.1) is 0 Å². The van der Waals surface area contributed by atoms with E-state index in [4.69, 9.17) is 23.2 Å². The first-order valence-corrected chi connectivity index (χ1v) is 7.99. The highest BCUT2D eigenvalue weighted by Crippen LogP contribution is 2.31. The molecule has 0 unspecified atom stereocenters. The maximum atomic E-state index is 5.97. The molecule has 6 heteroatoms. The SMILES string of the molecule is Clc1nc2nc(-c3ccccc3)c(-c3ccccc3)nc2nc1Cl. The van der Waals surface area contributed by atoms with Gasteiger partial charge in [0.05, 0.1) is 11.4 Å². The van der Waals surface area contributed by atoms with Crippen LogP contribution in [0.5, 0.6) is 0 Å². The normalized spacial score (nSPS) is 10.9. The van der Waals surface area contributed by atoms with Crippen molar-refractivity contribution >= 4 is 34.5 Å². The van der Waals surface area contributed by atoms with Crippen molar-refractivity contribution in [2.45, 2.75) is 0 Å². The average molecular weight is 353 g/mol. The number of fused-ring (bicyclic) bond motifs is 1. The van der Waals surface area contributed by atoms with Gasteiger partial charge in [-0.05, 0) is 0 Å². The summed E-state index contributed by atoms with van der Waals surface area (Å²) in [6.07, 6.45) is 0. The van der Waals surface area contributed by atoms with Crippen LogP contribution >= 0.6 is 23.2 Å². The summed E-state index contributed by atoms with van der Waals surface area (Å²) in [6.45, 7) is 0. The molecule has 0 saturated heterocycles. The number of rotatable bonds is 2. The van der Waals surface area contributed by atoms with Gasteiger partial charge in [-0.25, -0.2) is 19.9 Å². The van der Waals surface area contributed by atoms with Crippen molar-refractivity contribution in [2.75, 3.05) is 0 Å². The molecule has 4 nitrogen and oxygen atoms in total. The monoisotopic (exact) mass is 352 g/mol. The highest BCUT2D eigenvalue weighted by atomic mass is 35.5. The van der Waals surface area contributed by atoms with Gasteiger partial charge in [0.25, 0.3) is 0 Å². The second-order valence-corrected chi connectivity index (χ2v) is 5.82. The zero-order valence-corrected chi connectivity index (χ0v) is 13.8. The Morgan fingerprint density at radius 2 is 0.875 bits per heavy atom. The van der Waals surface area contributed by atoms with Crippen molar-refractivity contribution in [1.29, 1.82) is 0 Å². The van der Waals surface area contributed by atoms with Gasteiger partial charge in [-0.15, -0.1) is 0 Å². The summed E-state index contributed by atoms with van der Waals surface area (Å²) in [5, 5.41) is 0.231. The third kappa shape index (κ3) is 2.70. The van der Waals surface area contributed by atoms with E-state index in [0.717, 1.165) is 22.5 Å². The molecule has 4 aromatic rings. The molecule has 0 aliphatic carbocycles. The highest BCUT2D eigenvalue weighted by Gasteiger charge is 2.15. The van der Waals surface area contributed by atoms with Gasteiger partial charge in [-0.1, -0.05) is 83.9 Å². The van der Waals surface area contributed by atoms with Crippen LogP contribution in [0.1, 0.15) is 0 Å². The van der Waals surface area contributed by atoms with Crippen molar-refractivity contribution in [3.8, 4) is 22.5 Å². The molecule has 0 N–H and O–H groups in total. The summed E-state index contributed by atoms with van der Waals surface area (Å²) < 4.78 is 0. The first-order valence-electron chi connectivity index (χ1n) is 7.24. The fourth-order valence-electron chi connectivity index (χ4n) is 2.44. The molecule has 0 aliphatic heterocycles. The minimum Gasteiger partial charge on any atom is -0.223 e. The van der Waals surface area contributed by atoms with E-state index in [1.807, 2.05) is 60.7 Å². The summed E-state index contributed by atoms with van der Waals surface area (Å²) in [4.78, 5) is 17.7. The zero-order valence-electron chi connectivity index (χ0n) is 12.3. The number of hydrogen-bond donors (Lipinski definition) is 0. The summed E-state index contributed by atoms with van der Waals surface area (Å²) in [5.74, 6) is 0. The average Bonchev–Trinajstić information content (AvgIpc) is 2.63. The van der Waals surface area contributed by atoms with Gasteiger partial charge >= 0.3 is 0 Å². The quantitative estimate of drug-likeness (QED) is 0.505. The molecule has 0 amide bonds. The lowest BCUT2D eigenvalue weighted by Gasteiger charge is -2.10. The van der Waals surface area contributed by atoms with Gasteiger partial charge in [0, 0.05) is 11.1 Å². The van der Waals surface area contributed by atoms with Gasteiger partial charge in [0.2, 0.25) is 0 Å². The Morgan fingerprint density at radius 3 is 1.25 bits per heavy atom.